The molecule has 2 aromatic heterocycles. The van der Waals surface area contributed by atoms with Gasteiger partial charge in [-0.2, -0.15) is 0 Å². The lowest BCUT2D eigenvalue weighted by Gasteiger charge is -2.12. The molecule has 1 amide bonds. The normalized spacial score (nSPS) is 11.4. The van der Waals surface area contributed by atoms with Crippen molar-refractivity contribution in [1.82, 2.24) is 10.3 Å². The quantitative estimate of drug-likeness (QED) is 0.855. The molecule has 0 aliphatic carbocycles. The van der Waals surface area contributed by atoms with Crippen LogP contribution in [0.2, 0.25) is 4.34 Å². The number of amides is 1. The maximum atomic E-state index is 12.2. The van der Waals surface area contributed by atoms with Gasteiger partial charge in [0, 0.05) is 22.8 Å². The Balaban J connectivity index is 2.09. The van der Waals surface area contributed by atoms with Gasteiger partial charge in [0.05, 0.1) is 15.9 Å². The Kier molecular flexibility index (Phi) is 5.34. The number of thiophene rings is 1. The first-order chi connectivity index (χ1) is 10.1. The Labute approximate surface area is 131 Å². The lowest BCUT2D eigenvalue weighted by molar-refractivity contribution is 0.0940. The third-order valence-corrected chi connectivity index (χ3v) is 4.09. The van der Waals surface area contributed by atoms with Crippen LogP contribution >= 0.6 is 22.9 Å². The van der Waals surface area contributed by atoms with E-state index in [0.29, 0.717) is 15.5 Å². The highest BCUT2D eigenvalue weighted by Crippen LogP contribution is 2.26. The average Bonchev–Trinajstić information content (AvgIpc) is 2.92. The van der Waals surface area contributed by atoms with Crippen molar-refractivity contribution < 1.29 is 9.90 Å². The zero-order chi connectivity index (χ0) is 15.2. The second-order valence-electron chi connectivity index (χ2n) is 4.26. The van der Waals surface area contributed by atoms with Crippen LogP contribution < -0.4 is 5.32 Å². The van der Waals surface area contributed by atoms with Gasteiger partial charge in [0.2, 0.25) is 0 Å². The molecule has 0 bridgehead atoms. The zero-order valence-electron chi connectivity index (χ0n) is 11.3. The maximum Gasteiger partial charge on any atom is 0.253 e. The van der Waals surface area contributed by atoms with Crippen LogP contribution in [0.5, 0.6) is 0 Å². The van der Waals surface area contributed by atoms with Gasteiger partial charge in [0.1, 0.15) is 6.61 Å². The van der Waals surface area contributed by atoms with Crippen LogP contribution in [0.1, 0.15) is 33.8 Å². The summed E-state index contributed by atoms with van der Waals surface area (Å²) in [5.74, 6) is 5.01. The third kappa shape index (κ3) is 4.30. The molecule has 1 atom stereocenters. The molecule has 0 aliphatic heterocycles. The molecule has 2 N–H and O–H groups in total. The molecule has 4 nitrogen and oxygen atoms in total. The molecule has 1 unspecified atom stereocenters. The van der Waals surface area contributed by atoms with Gasteiger partial charge >= 0.3 is 0 Å². The van der Waals surface area contributed by atoms with Gasteiger partial charge in [-0.05, 0) is 25.1 Å². The smallest absolute Gasteiger partial charge is 0.253 e. The Bertz CT molecular complexity index is 703. The van der Waals surface area contributed by atoms with E-state index in [2.05, 4.69) is 22.1 Å². The highest BCUT2D eigenvalue weighted by Gasteiger charge is 2.13. The van der Waals surface area contributed by atoms with Crippen LogP contribution in [-0.4, -0.2) is 22.6 Å². The fourth-order valence-electron chi connectivity index (χ4n) is 1.69. The molecule has 6 heteroatoms. The van der Waals surface area contributed by atoms with E-state index < -0.39 is 0 Å². The van der Waals surface area contributed by atoms with Crippen LogP contribution in [0.4, 0.5) is 0 Å². The standard InChI is InChI=1S/C15H13ClN2O2S/c1-10(13-4-5-14(16)21-13)18-15(20)12-7-11(3-2-6-19)8-17-9-12/h4-5,7-10,19H,6H2,1H3,(H,18,20). The summed E-state index contributed by atoms with van der Waals surface area (Å²) in [6.45, 7) is 1.66. The van der Waals surface area contributed by atoms with Gasteiger partial charge in [-0.3, -0.25) is 9.78 Å². The minimum absolute atomic E-state index is 0.137. The number of aliphatic hydroxyl groups is 1. The van der Waals surface area contributed by atoms with Crippen molar-refractivity contribution in [3.8, 4) is 11.8 Å². The van der Waals surface area contributed by atoms with E-state index in [0.717, 1.165) is 4.88 Å². The number of nitrogens with zero attached hydrogens (tertiary/aromatic N) is 1. The van der Waals surface area contributed by atoms with Crippen LogP contribution in [0, 0.1) is 11.8 Å². The molecule has 0 aromatic carbocycles. The maximum absolute atomic E-state index is 12.2. The number of hydrogen-bond donors (Lipinski definition) is 2. The van der Waals surface area contributed by atoms with Crippen molar-refractivity contribution in [2.45, 2.75) is 13.0 Å². The monoisotopic (exact) mass is 320 g/mol. The van der Waals surface area contributed by atoms with Crippen molar-refractivity contribution in [3.05, 3.63) is 50.9 Å². The molecule has 0 radical (unpaired) electrons. The number of rotatable bonds is 3. The summed E-state index contributed by atoms with van der Waals surface area (Å²) in [5.41, 5.74) is 1.01. The highest BCUT2D eigenvalue weighted by atomic mass is 35.5. The second-order valence-corrected chi connectivity index (χ2v) is 6.01. The number of hydrogen-bond acceptors (Lipinski definition) is 4. The van der Waals surface area contributed by atoms with E-state index in [9.17, 15) is 4.79 Å². The van der Waals surface area contributed by atoms with Crippen LogP contribution in [-0.2, 0) is 0 Å². The molecular weight excluding hydrogens is 308 g/mol. The molecule has 0 spiro atoms. The summed E-state index contributed by atoms with van der Waals surface area (Å²) in [6.07, 6.45) is 3.02. The Morgan fingerprint density at radius 3 is 3.00 bits per heavy atom. The van der Waals surface area contributed by atoms with E-state index >= 15 is 0 Å². The van der Waals surface area contributed by atoms with Gasteiger partial charge in [-0.15, -0.1) is 11.3 Å². The molecular formula is C15H13ClN2O2S. The lowest BCUT2D eigenvalue weighted by atomic mass is 10.2. The molecule has 21 heavy (non-hydrogen) atoms. The van der Waals surface area contributed by atoms with Crippen molar-refractivity contribution in [1.29, 1.82) is 0 Å². The predicted octanol–water partition coefficient (Wildman–Crippen LogP) is 2.63. The minimum Gasteiger partial charge on any atom is -0.384 e. The first-order valence-corrected chi connectivity index (χ1v) is 7.40. The van der Waals surface area contributed by atoms with Crippen molar-refractivity contribution in [2.24, 2.45) is 0 Å². The fourth-order valence-corrected chi connectivity index (χ4v) is 2.75. The highest BCUT2D eigenvalue weighted by molar-refractivity contribution is 7.16. The first kappa shape index (κ1) is 15.5. The summed E-state index contributed by atoms with van der Waals surface area (Å²) in [7, 11) is 0. The first-order valence-electron chi connectivity index (χ1n) is 6.21. The molecule has 0 saturated carbocycles. The minimum atomic E-state index is -0.230. The number of nitrogens with one attached hydrogen (secondary N) is 1. The van der Waals surface area contributed by atoms with Crippen molar-refractivity contribution in [3.63, 3.8) is 0 Å². The molecule has 0 saturated heterocycles. The number of halogens is 1. The van der Waals surface area contributed by atoms with Gasteiger partial charge in [0.15, 0.2) is 0 Å². The van der Waals surface area contributed by atoms with Gasteiger partial charge in [-0.1, -0.05) is 23.4 Å². The number of aromatic nitrogens is 1. The third-order valence-electron chi connectivity index (χ3n) is 2.68. The van der Waals surface area contributed by atoms with Crippen molar-refractivity contribution in [2.75, 3.05) is 6.61 Å². The van der Waals surface area contributed by atoms with Gasteiger partial charge in [0.25, 0.3) is 5.91 Å². The molecule has 0 fully saturated rings. The number of pyridine rings is 1. The van der Waals surface area contributed by atoms with E-state index in [1.165, 1.54) is 17.5 Å². The number of carbonyl (C=O) groups is 1. The molecule has 2 aromatic rings. The summed E-state index contributed by atoms with van der Waals surface area (Å²) in [5, 5.41) is 11.6. The largest absolute Gasteiger partial charge is 0.384 e. The van der Waals surface area contributed by atoms with Crippen LogP contribution in [0.15, 0.2) is 30.6 Å². The zero-order valence-corrected chi connectivity index (χ0v) is 12.8. The van der Waals surface area contributed by atoms with Crippen molar-refractivity contribution >= 4 is 28.8 Å². The fraction of sp³-hybridized carbons (Fsp3) is 0.200. The lowest BCUT2D eigenvalue weighted by Crippen LogP contribution is -2.26. The average molecular weight is 321 g/mol. The SMILES string of the molecule is CC(NC(=O)c1cncc(C#CCO)c1)c1ccc(Cl)s1. The number of carbonyl (C=O) groups excluding carboxylic acids is 1. The van der Waals surface area contributed by atoms with E-state index in [1.54, 1.807) is 18.3 Å². The molecule has 2 rings (SSSR count). The molecule has 108 valence electrons. The summed E-state index contributed by atoms with van der Waals surface area (Å²) in [4.78, 5) is 17.1. The Hall–Kier alpha value is -1.87. The molecule has 0 aliphatic rings. The van der Waals surface area contributed by atoms with E-state index in [4.69, 9.17) is 16.7 Å². The van der Waals surface area contributed by atoms with Gasteiger partial charge < -0.3 is 10.4 Å². The summed E-state index contributed by atoms with van der Waals surface area (Å²) >= 11 is 7.32. The molecule has 2 heterocycles. The second kappa shape index (κ2) is 7.23. The summed E-state index contributed by atoms with van der Waals surface area (Å²) < 4.78 is 0.689. The van der Waals surface area contributed by atoms with E-state index in [1.807, 2.05) is 13.0 Å². The van der Waals surface area contributed by atoms with Gasteiger partial charge in [-0.25, -0.2) is 0 Å². The van der Waals surface area contributed by atoms with Crippen LogP contribution in [0.25, 0.3) is 0 Å². The Morgan fingerprint density at radius 2 is 2.33 bits per heavy atom. The van der Waals surface area contributed by atoms with E-state index in [-0.39, 0.29) is 18.6 Å². The predicted molar refractivity (Wildman–Crippen MR) is 83.4 cm³/mol. The topological polar surface area (TPSA) is 62.2 Å². The summed E-state index contributed by atoms with van der Waals surface area (Å²) in [6, 6.07) is 5.19. The number of aliphatic hydroxyl groups excluding tert-OH is 1. The van der Waals surface area contributed by atoms with Crippen LogP contribution in [0.3, 0.4) is 0 Å². The Morgan fingerprint density at radius 1 is 1.52 bits per heavy atom.